The third kappa shape index (κ3) is 3.57. The zero-order valence-corrected chi connectivity index (χ0v) is 14.3. The van der Waals surface area contributed by atoms with E-state index < -0.39 is 11.9 Å². The van der Waals surface area contributed by atoms with Crippen molar-refractivity contribution in [3.63, 3.8) is 0 Å². The molecule has 1 amide bonds. The van der Waals surface area contributed by atoms with E-state index in [1.807, 2.05) is 48.9 Å². The van der Waals surface area contributed by atoms with Crippen LogP contribution < -0.4 is 5.32 Å². The lowest BCUT2D eigenvalue weighted by Gasteiger charge is -2.19. The van der Waals surface area contributed by atoms with E-state index in [1.165, 1.54) is 12.1 Å². The Hall–Kier alpha value is -3.02. The summed E-state index contributed by atoms with van der Waals surface area (Å²) in [4.78, 5) is 12.7. The maximum absolute atomic E-state index is 13.6. The van der Waals surface area contributed by atoms with Gasteiger partial charge >= 0.3 is 0 Å². The lowest BCUT2D eigenvalue weighted by atomic mass is 10.0. The quantitative estimate of drug-likeness (QED) is 0.795. The molecule has 0 saturated carbocycles. The molecule has 5 nitrogen and oxygen atoms in total. The molecule has 0 aliphatic carbocycles. The van der Waals surface area contributed by atoms with Gasteiger partial charge in [-0.05, 0) is 43.2 Å². The molecule has 0 aliphatic heterocycles. The molecule has 25 heavy (non-hydrogen) atoms. The Morgan fingerprint density at radius 2 is 1.84 bits per heavy atom. The smallest absolute Gasteiger partial charge is 0.252 e. The van der Waals surface area contributed by atoms with Crippen LogP contribution in [0.15, 0.2) is 48.5 Å². The number of benzene rings is 2. The van der Waals surface area contributed by atoms with Gasteiger partial charge in [-0.25, -0.2) is 4.39 Å². The summed E-state index contributed by atoms with van der Waals surface area (Å²) in [5.41, 5.74) is 1.84. The van der Waals surface area contributed by atoms with E-state index in [0.717, 1.165) is 11.4 Å². The summed E-state index contributed by atoms with van der Waals surface area (Å²) in [6.07, 6.45) is 0. The molecule has 3 rings (SSSR count). The van der Waals surface area contributed by atoms with Gasteiger partial charge in [-0.3, -0.25) is 4.79 Å². The summed E-state index contributed by atoms with van der Waals surface area (Å²) in [6, 6.07) is 13.3. The maximum atomic E-state index is 13.6. The molecule has 128 valence electrons. The van der Waals surface area contributed by atoms with Crippen molar-refractivity contribution in [2.45, 2.75) is 19.9 Å². The number of aryl methyl sites for hydroxylation is 2. The Labute approximate surface area is 145 Å². The second-order valence-electron chi connectivity index (χ2n) is 6.00. The summed E-state index contributed by atoms with van der Waals surface area (Å²) in [6.45, 7) is 3.59. The fourth-order valence-electron chi connectivity index (χ4n) is 2.70. The molecule has 1 atom stereocenters. The number of carbonyl (C=O) groups excluding carboxylic acids is 1. The lowest BCUT2D eigenvalue weighted by molar-refractivity contribution is 0.0940. The zero-order chi connectivity index (χ0) is 18.0. The number of aromatic nitrogens is 3. The molecular weight excluding hydrogens is 319 g/mol. The molecule has 0 unspecified atom stereocenters. The van der Waals surface area contributed by atoms with Gasteiger partial charge in [0.1, 0.15) is 17.7 Å². The van der Waals surface area contributed by atoms with Crippen molar-refractivity contribution in [3.05, 3.63) is 82.7 Å². The third-order valence-electron chi connectivity index (χ3n) is 4.10. The minimum atomic E-state index is -0.483. The maximum Gasteiger partial charge on any atom is 0.252 e. The number of hydrogen-bond acceptors (Lipinski definition) is 3. The highest BCUT2D eigenvalue weighted by molar-refractivity contribution is 5.94. The van der Waals surface area contributed by atoms with Gasteiger partial charge < -0.3 is 9.88 Å². The largest absolute Gasteiger partial charge is 0.338 e. The first-order valence-corrected chi connectivity index (χ1v) is 7.94. The van der Waals surface area contributed by atoms with Gasteiger partial charge in [0.2, 0.25) is 0 Å². The highest BCUT2D eigenvalue weighted by Gasteiger charge is 2.23. The molecule has 1 heterocycles. The molecule has 0 fully saturated rings. The Kier molecular flexibility index (Phi) is 4.61. The second kappa shape index (κ2) is 6.84. The van der Waals surface area contributed by atoms with Crippen LogP contribution in [0.5, 0.6) is 0 Å². The van der Waals surface area contributed by atoms with Crippen LogP contribution >= 0.6 is 0 Å². The van der Waals surface area contributed by atoms with Crippen LogP contribution in [-0.2, 0) is 7.05 Å². The highest BCUT2D eigenvalue weighted by Crippen LogP contribution is 2.21. The van der Waals surface area contributed by atoms with Crippen LogP contribution in [0.3, 0.4) is 0 Å². The van der Waals surface area contributed by atoms with Crippen molar-refractivity contribution in [3.8, 4) is 0 Å². The number of rotatable bonds is 4. The Balaban J connectivity index is 1.98. The van der Waals surface area contributed by atoms with E-state index >= 15 is 0 Å². The molecule has 0 spiro atoms. The third-order valence-corrected chi connectivity index (χ3v) is 4.10. The minimum Gasteiger partial charge on any atom is -0.338 e. The SMILES string of the molecule is Cc1cc(F)cc(C(=O)N[C@@H](c2ccccc2)c2nnc(C)n2C)c1. The van der Waals surface area contributed by atoms with Crippen molar-refractivity contribution < 1.29 is 9.18 Å². The first-order valence-electron chi connectivity index (χ1n) is 7.94. The van der Waals surface area contributed by atoms with Crippen molar-refractivity contribution in [1.29, 1.82) is 0 Å². The molecule has 0 saturated heterocycles. The first kappa shape index (κ1) is 16.8. The van der Waals surface area contributed by atoms with Crippen molar-refractivity contribution in [2.75, 3.05) is 0 Å². The summed E-state index contributed by atoms with van der Waals surface area (Å²) in [7, 11) is 1.85. The van der Waals surface area contributed by atoms with Gasteiger partial charge in [-0.1, -0.05) is 30.3 Å². The van der Waals surface area contributed by atoms with E-state index in [-0.39, 0.29) is 11.5 Å². The predicted molar refractivity (Wildman–Crippen MR) is 92.6 cm³/mol. The predicted octanol–water partition coefficient (Wildman–Crippen LogP) is 3.09. The summed E-state index contributed by atoms with van der Waals surface area (Å²) < 4.78 is 15.5. The molecule has 2 aromatic carbocycles. The van der Waals surface area contributed by atoms with Gasteiger partial charge in [0.05, 0.1) is 0 Å². The number of nitrogens with one attached hydrogen (secondary N) is 1. The standard InChI is InChI=1S/C19H19FN4O/c1-12-9-15(11-16(20)10-12)19(25)21-17(14-7-5-4-6-8-14)18-23-22-13(2)24(18)3/h4-11,17H,1-3H3,(H,21,25)/t17-/m0/s1. The zero-order valence-electron chi connectivity index (χ0n) is 14.3. The van der Waals surface area contributed by atoms with Crippen molar-refractivity contribution >= 4 is 5.91 Å². The topological polar surface area (TPSA) is 59.8 Å². The number of carbonyl (C=O) groups is 1. The molecule has 0 bridgehead atoms. The molecular formula is C19H19FN4O. The van der Waals surface area contributed by atoms with Crippen LogP contribution in [0, 0.1) is 19.7 Å². The van der Waals surface area contributed by atoms with E-state index in [4.69, 9.17) is 0 Å². The average Bonchev–Trinajstić information content (AvgIpc) is 2.91. The summed E-state index contributed by atoms with van der Waals surface area (Å²) >= 11 is 0. The molecule has 3 aromatic rings. The minimum absolute atomic E-state index is 0.275. The fraction of sp³-hybridized carbons (Fsp3) is 0.211. The van der Waals surface area contributed by atoms with Crippen molar-refractivity contribution in [2.24, 2.45) is 7.05 Å². The Morgan fingerprint density at radius 1 is 1.12 bits per heavy atom. The number of hydrogen-bond donors (Lipinski definition) is 1. The second-order valence-corrected chi connectivity index (χ2v) is 6.00. The number of halogens is 1. The monoisotopic (exact) mass is 338 g/mol. The first-order chi connectivity index (χ1) is 12.0. The molecule has 6 heteroatoms. The van der Waals surface area contributed by atoms with E-state index in [9.17, 15) is 9.18 Å². The van der Waals surface area contributed by atoms with Crippen LogP contribution in [0.2, 0.25) is 0 Å². The van der Waals surface area contributed by atoms with Crippen LogP contribution in [0.1, 0.15) is 39.2 Å². The molecule has 1 N–H and O–H groups in total. The average molecular weight is 338 g/mol. The van der Waals surface area contributed by atoms with Gasteiger partial charge in [0, 0.05) is 12.6 Å². The number of amides is 1. The molecule has 0 radical (unpaired) electrons. The fourth-order valence-corrected chi connectivity index (χ4v) is 2.70. The molecule has 0 aliphatic rings. The number of nitrogens with zero attached hydrogens (tertiary/aromatic N) is 3. The van der Waals surface area contributed by atoms with E-state index in [1.54, 1.807) is 13.0 Å². The van der Waals surface area contributed by atoms with Gasteiger partial charge in [-0.2, -0.15) is 0 Å². The van der Waals surface area contributed by atoms with Gasteiger partial charge in [-0.15, -0.1) is 10.2 Å². The summed E-state index contributed by atoms with van der Waals surface area (Å²) in [5.74, 6) is 0.560. The van der Waals surface area contributed by atoms with E-state index in [0.29, 0.717) is 11.4 Å². The van der Waals surface area contributed by atoms with Gasteiger partial charge in [0.25, 0.3) is 5.91 Å². The highest BCUT2D eigenvalue weighted by atomic mass is 19.1. The van der Waals surface area contributed by atoms with Crippen molar-refractivity contribution in [1.82, 2.24) is 20.1 Å². The Bertz CT molecular complexity index is 885. The van der Waals surface area contributed by atoms with E-state index in [2.05, 4.69) is 15.5 Å². The molecule has 1 aromatic heterocycles. The van der Waals surface area contributed by atoms with Gasteiger partial charge in [0.15, 0.2) is 5.82 Å². The Morgan fingerprint density at radius 3 is 2.44 bits per heavy atom. The lowest BCUT2D eigenvalue weighted by Crippen LogP contribution is -2.31. The van der Waals surface area contributed by atoms with Crippen LogP contribution in [-0.4, -0.2) is 20.7 Å². The van der Waals surface area contributed by atoms with Crippen LogP contribution in [0.4, 0.5) is 4.39 Å². The summed E-state index contributed by atoms with van der Waals surface area (Å²) in [5, 5.41) is 11.2. The van der Waals surface area contributed by atoms with Crippen LogP contribution in [0.25, 0.3) is 0 Å². The normalized spacial score (nSPS) is 12.0.